The lowest BCUT2D eigenvalue weighted by Crippen LogP contribution is -2.42. The number of thiocarbonyl (C=S) groups is 1. The van der Waals surface area contributed by atoms with Crippen molar-refractivity contribution in [2.24, 2.45) is 5.73 Å². The van der Waals surface area contributed by atoms with Gasteiger partial charge < -0.3 is 10.6 Å². The van der Waals surface area contributed by atoms with E-state index >= 15 is 0 Å². The zero-order chi connectivity index (χ0) is 14.7. The first-order chi connectivity index (χ1) is 9.50. The van der Waals surface area contributed by atoms with E-state index in [0.717, 1.165) is 10.8 Å². The van der Waals surface area contributed by atoms with Crippen molar-refractivity contribution in [1.29, 1.82) is 0 Å². The van der Waals surface area contributed by atoms with Crippen LogP contribution in [0.5, 0.6) is 0 Å². The van der Waals surface area contributed by atoms with E-state index in [0.29, 0.717) is 10.7 Å². The molecule has 1 aromatic heterocycles. The van der Waals surface area contributed by atoms with Crippen LogP contribution in [0.15, 0.2) is 36.5 Å². The van der Waals surface area contributed by atoms with Gasteiger partial charge in [-0.05, 0) is 25.3 Å². The smallest absolute Gasteiger partial charge is 0.273 e. The summed E-state index contributed by atoms with van der Waals surface area (Å²) in [6.07, 6.45) is 1.65. The van der Waals surface area contributed by atoms with Gasteiger partial charge in [-0.2, -0.15) is 0 Å². The zero-order valence-corrected chi connectivity index (χ0v) is 12.4. The Balaban J connectivity index is 2.46. The number of amides is 1. The molecule has 1 amide bonds. The van der Waals surface area contributed by atoms with Gasteiger partial charge in [0.1, 0.15) is 5.69 Å². The summed E-state index contributed by atoms with van der Waals surface area (Å²) in [6, 6.07) is 9.58. The van der Waals surface area contributed by atoms with E-state index in [1.807, 2.05) is 44.2 Å². The highest BCUT2D eigenvalue weighted by atomic mass is 32.1. The Morgan fingerprint density at radius 2 is 2.05 bits per heavy atom. The van der Waals surface area contributed by atoms with E-state index in [9.17, 15) is 4.79 Å². The van der Waals surface area contributed by atoms with Crippen molar-refractivity contribution >= 4 is 33.9 Å². The predicted octanol–water partition coefficient (Wildman–Crippen LogP) is 2.37. The molecule has 20 heavy (non-hydrogen) atoms. The Morgan fingerprint density at radius 1 is 1.35 bits per heavy atom. The maximum absolute atomic E-state index is 12.7. The lowest BCUT2D eigenvalue weighted by molar-refractivity contribution is 0.0732. The largest absolute Gasteiger partial charge is 0.392 e. The van der Waals surface area contributed by atoms with Crippen LogP contribution in [0.25, 0.3) is 10.8 Å². The fourth-order valence-corrected chi connectivity index (χ4v) is 2.22. The third-order valence-corrected chi connectivity index (χ3v) is 3.22. The molecule has 0 unspecified atom stereocenters. The average Bonchev–Trinajstić information content (AvgIpc) is 2.43. The SMILES string of the molecule is CC(C)N(CC(N)=S)C(=O)c1nccc2ccccc12. The molecule has 0 aliphatic rings. The minimum Gasteiger partial charge on any atom is -0.392 e. The number of carbonyl (C=O) groups excluding carboxylic acids is 1. The van der Waals surface area contributed by atoms with Crippen LogP contribution in [0.1, 0.15) is 24.3 Å². The Bertz CT molecular complexity index is 649. The highest BCUT2D eigenvalue weighted by Gasteiger charge is 2.22. The Labute approximate surface area is 123 Å². The number of hydrogen-bond acceptors (Lipinski definition) is 3. The van der Waals surface area contributed by atoms with Crippen LogP contribution < -0.4 is 5.73 Å². The van der Waals surface area contributed by atoms with Crippen LogP contribution in [-0.2, 0) is 0 Å². The van der Waals surface area contributed by atoms with Crippen LogP contribution in [-0.4, -0.2) is 33.4 Å². The lowest BCUT2D eigenvalue weighted by atomic mass is 10.1. The second-order valence-corrected chi connectivity index (χ2v) is 5.40. The van der Waals surface area contributed by atoms with Crippen molar-refractivity contribution < 1.29 is 4.79 Å². The molecule has 0 bridgehead atoms. The van der Waals surface area contributed by atoms with E-state index in [2.05, 4.69) is 4.98 Å². The van der Waals surface area contributed by atoms with Crippen LogP contribution >= 0.6 is 12.2 Å². The summed E-state index contributed by atoms with van der Waals surface area (Å²) < 4.78 is 0. The third-order valence-electron chi connectivity index (χ3n) is 3.09. The number of nitrogens with zero attached hydrogens (tertiary/aromatic N) is 2. The number of pyridine rings is 1. The lowest BCUT2D eigenvalue weighted by Gasteiger charge is -2.26. The number of rotatable bonds is 4. The molecule has 1 heterocycles. The first-order valence-corrected chi connectivity index (χ1v) is 6.84. The molecular formula is C15H17N3OS. The molecule has 0 spiro atoms. The third kappa shape index (κ3) is 2.93. The van der Waals surface area contributed by atoms with Gasteiger partial charge >= 0.3 is 0 Å². The Morgan fingerprint density at radius 3 is 2.70 bits per heavy atom. The second-order valence-electron chi connectivity index (χ2n) is 4.87. The molecule has 1 aromatic carbocycles. The van der Waals surface area contributed by atoms with E-state index in [4.69, 9.17) is 18.0 Å². The number of fused-ring (bicyclic) bond motifs is 1. The first kappa shape index (κ1) is 14.4. The summed E-state index contributed by atoms with van der Waals surface area (Å²) in [5.74, 6) is -0.149. The predicted molar refractivity (Wildman–Crippen MR) is 84.7 cm³/mol. The van der Waals surface area contributed by atoms with E-state index in [-0.39, 0.29) is 18.5 Å². The first-order valence-electron chi connectivity index (χ1n) is 6.43. The molecule has 104 valence electrons. The molecule has 0 atom stereocenters. The molecule has 2 rings (SSSR count). The maximum Gasteiger partial charge on any atom is 0.273 e. The molecule has 0 aliphatic heterocycles. The molecule has 2 aromatic rings. The van der Waals surface area contributed by atoms with Crippen molar-refractivity contribution in [3.05, 3.63) is 42.2 Å². The van der Waals surface area contributed by atoms with Gasteiger partial charge in [-0.15, -0.1) is 0 Å². The van der Waals surface area contributed by atoms with Crippen LogP contribution in [0.3, 0.4) is 0 Å². The van der Waals surface area contributed by atoms with Gasteiger partial charge in [0, 0.05) is 17.6 Å². The maximum atomic E-state index is 12.7. The van der Waals surface area contributed by atoms with Gasteiger partial charge in [-0.1, -0.05) is 36.5 Å². The zero-order valence-electron chi connectivity index (χ0n) is 11.5. The standard InChI is InChI=1S/C15H17N3OS/c1-10(2)18(9-13(16)20)15(19)14-12-6-4-3-5-11(12)7-8-17-14/h3-8,10H,9H2,1-2H3,(H2,16,20). The van der Waals surface area contributed by atoms with Gasteiger partial charge in [-0.25, -0.2) is 0 Å². The fraction of sp³-hybridized carbons (Fsp3) is 0.267. The van der Waals surface area contributed by atoms with Crippen molar-refractivity contribution in [3.63, 3.8) is 0 Å². The molecule has 5 heteroatoms. The number of nitrogens with two attached hydrogens (primary N) is 1. The van der Waals surface area contributed by atoms with E-state index in [1.165, 1.54) is 0 Å². The van der Waals surface area contributed by atoms with E-state index in [1.54, 1.807) is 11.1 Å². The number of hydrogen-bond donors (Lipinski definition) is 1. The molecule has 0 saturated carbocycles. The second kappa shape index (κ2) is 5.96. The molecule has 0 fully saturated rings. The molecule has 4 nitrogen and oxygen atoms in total. The van der Waals surface area contributed by atoms with Crippen molar-refractivity contribution in [2.75, 3.05) is 6.54 Å². The van der Waals surface area contributed by atoms with Crippen LogP contribution in [0.4, 0.5) is 0 Å². The topological polar surface area (TPSA) is 59.2 Å². The van der Waals surface area contributed by atoms with Gasteiger partial charge in [0.2, 0.25) is 0 Å². The minimum absolute atomic E-state index is 0.00442. The summed E-state index contributed by atoms with van der Waals surface area (Å²) in [7, 11) is 0. The van der Waals surface area contributed by atoms with Crippen molar-refractivity contribution in [1.82, 2.24) is 9.88 Å². The highest BCUT2D eigenvalue weighted by Crippen LogP contribution is 2.18. The van der Waals surface area contributed by atoms with Crippen LogP contribution in [0.2, 0.25) is 0 Å². The quantitative estimate of drug-likeness (QED) is 0.877. The van der Waals surface area contributed by atoms with Gasteiger partial charge in [0.05, 0.1) is 11.5 Å². The fourth-order valence-electron chi connectivity index (χ4n) is 2.08. The normalized spacial score (nSPS) is 10.8. The van der Waals surface area contributed by atoms with Gasteiger partial charge in [-0.3, -0.25) is 9.78 Å². The van der Waals surface area contributed by atoms with E-state index < -0.39 is 0 Å². The number of benzene rings is 1. The molecule has 0 aliphatic carbocycles. The van der Waals surface area contributed by atoms with Crippen molar-refractivity contribution in [2.45, 2.75) is 19.9 Å². The summed E-state index contributed by atoms with van der Waals surface area (Å²) in [6.45, 7) is 4.12. The summed E-state index contributed by atoms with van der Waals surface area (Å²) in [5.41, 5.74) is 6.01. The molecule has 2 N–H and O–H groups in total. The highest BCUT2D eigenvalue weighted by molar-refractivity contribution is 7.80. The average molecular weight is 287 g/mol. The molecule has 0 saturated heterocycles. The minimum atomic E-state index is -0.149. The summed E-state index contributed by atoms with van der Waals surface area (Å²) in [5, 5.41) is 1.83. The monoisotopic (exact) mass is 287 g/mol. The summed E-state index contributed by atoms with van der Waals surface area (Å²) >= 11 is 4.92. The van der Waals surface area contributed by atoms with Gasteiger partial charge in [0.25, 0.3) is 5.91 Å². The van der Waals surface area contributed by atoms with Gasteiger partial charge in [0.15, 0.2) is 0 Å². The Hall–Kier alpha value is -2.01. The Kier molecular flexibility index (Phi) is 4.29. The number of carbonyl (C=O) groups is 1. The van der Waals surface area contributed by atoms with Crippen molar-refractivity contribution in [3.8, 4) is 0 Å². The molecular weight excluding hydrogens is 270 g/mol. The summed E-state index contributed by atoms with van der Waals surface area (Å²) in [4.78, 5) is 18.9. The number of aromatic nitrogens is 1. The van der Waals surface area contributed by atoms with Crippen LogP contribution in [0, 0.1) is 0 Å². The molecule has 0 radical (unpaired) electrons.